The van der Waals surface area contributed by atoms with Gasteiger partial charge in [0, 0.05) is 11.6 Å². The number of hydrogen-bond acceptors (Lipinski definition) is 2. The second kappa shape index (κ2) is 4.43. The lowest BCUT2D eigenvalue weighted by molar-refractivity contribution is 0.0184. The Morgan fingerprint density at radius 1 is 1.11 bits per heavy atom. The molecule has 1 heterocycles. The zero-order valence-electron chi connectivity index (χ0n) is 10.4. The highest BCUT2D eigenvalue weighted by Crippen LogP contribution is 2.45. The second-order valence-corrected chi connectivity index (χ2v) is 4.54. The Morgan fingerprint density at radius 2 is 1.79 bits per heavy atom. The third-order valence-corrected chi connectivity index (χ3v) is 3.45. The standard InChI is InChI=1S/C17H14O2/c1-2-8-16-17(18,13-9-4-3-5-10-13)14-11-6-7-12-15(14)19-16/h3-12,16,18H,1H2. The van der Waals surface area contributed by atoms with Crippen molar-refractivity contribution >= 4 is 0 Å². The van der Waals surface area contributed by atoms with Gasteiger partial charge in [-0.2, -0.15) is 0 Å². The lowest BCUT2D eigenvalue weighted by atomic mass is 9.83. The molecule has 94 valence electrons. The molecule has 2 heteroatoms. The molecule has 2 aromatic carbocycles. The molecular formula is C17H14O2. The van der Waals surface area contributed by atoms with E-state index in [1.807, 2.05) is 54.6 Å². The SMILES string of the molecule is C=C=CC1Oc2ccccc2C1(O)c1ccccc1. The van der Waals surface area contributed by atoms with Crippen LogP contribution >= 0.6 is 0 Å². The van der Waals surface area contributed by atoms with Gasteiger partial charge in [0.15, 0.2) is 11.7 Å². The Balaban J connectivity index is 2.22. The van der Waals surface area contributed by atoms with Crippen molar-refractivity contribution in [1.82, 2.24) is 0 Å². The van der Waals surface area contributed by atoms with E-state index in [0.29, 0.717) is 5.75 Å². The van der Waals surface area contributed by atoms with E-state index in [9.17, 15) is 5.11 Å². The van der Waals surface area contributed by atoms with Crippen LogP contribution in [0.3, 0.4) is 0 Å². The van der Waals surface area contributed by atoms with Crippen molar-refractivity contribution in [1.29, 1.82) is 0 Å². The maximum Gasteiger partial charge on any atom is 0.161 e. The highest BCUT2D eigenvalue weighted by molar-refractivity contribution is 5.50. The van der Waals surface area contributed by atoms with Crippen molar-refractivity contribution < 1.29 is 9.84 Å². The molecule has 1 aliphatic heterocycles. The van der Waals surface area contributed by atoms with E-state index in [2.05, 4.69) is 12.3 Å². The smallest absolute Gasteiger partial charge is 0.161 e. The Morgan fingerprint density at radius 3 is 2.53 bits per heavy atom. The molecule has 0 radical (unpaired) electrons. The van der Waals surface area contributed by atoms with Crippen molar-refractivity contribution in [2.75, 3.05) is 0 Å². The zero-order chi connectivity index (χ0) is 13.3. The minimum atomic E-state index is -1.19. The number of hydrogen-bond donors (Lipinski definition) is 1. The van der Waals surface area contributed by atoms with Crippen LogP contribution in [-0.4, -0.2) is 11.2 Å². The van der Waals surface area contributed by atoms with Crippen LogP contribution in [0.4, 0.5) is 0 Å². The Labute approximate surface area is 112 Å². The van der Waals surface area contributed by atoms with Crippen molar-refractivity contribution in [3.05, 3.63) is 84.1 Å². The molecule has 2 unspecified atom stereocenters. The van der Waals surface area contributed by atoms with Crippen molar-refractivity contribution in [3.63, 3.8) is 0 Å². The van der Waals surface area contributed by atoms with Gasteiger partial charge in [0.2, 0.25) is 0 Å². The van der Waals surface area contributed by atoms with Gasteiger partial charge in [-0.05, 0) is 11.6 Å². The molecule has 2 aromatic rings. The van der Waals surface area contributed by atoms with Crippen molar-refractivity contribution in [2.24, 2.45) is 0 Å². The number of para-hydroxylation sites is 1. The number of ether oxygens (including phenoxy) is 1. The summed E-state index contributed by atoms with van der Waals surface area (Å²) in [4.78, 5) is 0. The van der Waals surface area contributed by atoms with Gasteiger partial charge in [0.25, 0.3) is 0 Å². The number of aliphatic hydroxyl groups is 1. The minimum Gasteiger partial charge on any atom is -0.482 e. The Hall–Kier alpha value is -2.28. The minimum absolute atomic E-state index is 0.509. The zero-order valence-corrected chi connectivity index (χ0v) is 10.4. The van der Waals surface area contributed by atoms with Gasteiger partial charge < -0.3 is 9.84 Å². The quantitative estimate of drug-likeness (QED) is 0.830. The van der Waals surface area contributed by atoms with Crippen LogP contribution in [0, 0.1) is 0 Å². The van der Waals surface area contributed by atoms with Crippen LogP contribution in [0.1, 0.15) is 11.1 Å². The van der Waals surface area contributed by atoms with E-state index < -0.39 is 11.7 Å². The fraction of sp³-hybridized carbons (Fsp3) is 0.118. The summed E-state index contributed by atoms with van der Waals surface area (Å²) in [7, 11) is 0. The van der Waals surface area contributed by atoms with Crippen molar-refractivity contribution in [2.45, 2.75) is 11.7 Å². The first kappa shape index (κ1) is 11.8. The van der Waals surface area contributed by atoms with Gasteiger partial charge in [0.1, 0.15) is 5.75 Å². The molecule has 0 aromatic heterocycles. The third kappa shape index (κ3) is 1.70. The molecule has 19 heavy (non-hydrogen) atoms. The molecule has 2 atom stereocenters. The van der Waals surface area contributed by atoms with Gasteiger partial charge in [-0.3, -0.25) is 0 Å². The molecule has 0 saturated heterocycles. The van der Waals surface area contributed by atoms with Crippen LogP contribution in [0.2, 0.25) is 0 Å². The normalized spacial score (nSPS) is 24.2. The number of benzene rings is 2. The number of rotatable bonds is 2. The summed E-state index contributed by atoms with van der Waals surface area (Å²) in [6.45, 7) is 3.57. The molecule has 3 rings (SSSR count). The molecule has 1 N–H and O–H groups in total. The van der Waals surface area contributed by atoms with E-state index in [-0.39, 0.29) is 0 Å². The summed E-state index contributed by atoms with van der Waals surface area (Å²) in [5.41, 5.74) is 3.10. The molecule has 2 nitrogen and oxygen atoms in total. The van der Waals surface area contributed by atoms with E-state index in [4.69, 9.17) is 4.74 Å². The summed E-state index contributed by atoms with van der Waals surface area (Å²) >= 11 is 0. The topological polar surface area (TPSA) is 29.5 Å². The van der Waals surface area contributed by atoms with Crippen LogP contribution in [0.15, 0.2) is 73.0 Å². The summed E-state index contributed by atoms with van der Waals surface area (Å²) < 4.78 is 5.81. The van der Waals surface area contributed by atoms with Crippen molar-refractivity contribution in [3.8, 4) is 5.75 Å². The van der Waals surface area contributed by atoms with Gasteiger partial charge in [0.05, 0.1) is 0 Å². The summed E-state index contributed by atoms with van der Waals surface area (Å²) in [6.07, 6.45) is 1.15. The maximum atomic E-state index is 11.2. The van der Waals surface area contributed by atoms with E-state index in [1.54, 1.807) is 6.08 Å². The molecular weight excluding hydrogens is 236 g/mol. The van der Waals surface area contributed by atoms with E-state index >= 15 is 0 Å². The molecule has 0 spiro atoms. The second-order valence-electron chi connectivity index (χ2n) is 4.54. The monoisotopic (exact) mass is 250 g/mol. The molecule has 1 aliphatic rings. The largest absolute Gasteiger partial charge is 0.482 e. The number of fused-ring (bicyclic) bond motifs is 1. The van der Waals surface area contributed by atoms with Gasteiger partial charge in [-0.25, -0.2) is 0 Å². The van der Waals surface area contributed by atoms with E-state index in [0.717, 1.165) is 11.1 Å². The fourth-order valence-electron chi connectivity index (χ4n) is 2.53. The fourth-order valence-corrected chi connectivity index (χ4v) is 2.53. The average molecular weight is 250 g/mol. The highest BCUT2D eigenvalue weighted by Gasteiger charge is 2.47. The third-order valence-electron chi connectivity index (χ3n) is 3.45. The molecule has 0 saturated carbocycles. The first-order chi connectivity index (χ1) is 9.26. The van der Waals surface area contributed by atoms with Crippen LogP contribution in [-0.2, 0) is 5.60 Å². The van der Waals surface area contributed by atoms with Gasteiger partial charge >= 0.3 is 0 Å². The van der Waals surface area contributed by atoms with Crippen LogP contribution in [0.5, 0.6) is 5.75 Å². The predicted molar refractivity (Wildman–Crippen MR) is 74.0 cm³/mol. The summed E-state index contributed by atoms with van der Waals surface area (Å²) in [5, 5.41) is 11.2. The molecule has 0 aliphatic carbocycles. The van der Waals surface area contributed by atoms with Crippen LogP contribution in [0.25, 0.3) is 0 Å². The lowest BCUT2D eigenvalue weighted by Gasteiger charge is -2.27. The first-order valence-electron chi connectivity index (χ1n) is 6.17. The van der Waals surface area contributed by atoms with Gasteiger partial charge in [-0.1, -0.05) is 55.1 Å². The molecule has 0 amide bonds. The van der Waals surface area contributed by atoms with E-state index in [1.165, 1.54) is 0 Å². The average Bonchev–Trinajstić information content (AvgIpc) is 2.75. The summed E-state index contributed by atoms with van der Waals surface area (Å²) in [5.74, 6) is 0.699. The first-order valence-corrected chi connectivity index (χ1v) is 6.17. The molecule has 0 fully saturated rings. The summed E-state index contributed by atoms with van der Waals surface area (Å²) in [6, 6.07) is 17.1. The lowest BCUT2D eigenvalue weighted by Crippen LogP contribution is -2.37. The van der Waals surface area contributed by atoms with Gasteiger partial charge in [-0.15, -0.1) is 5.73 Å². The van der Waals surface area contributed by atoms with Crippen LogP contribution < -0.4 is 4.74 Å². The molecule has 0 bridgehead atoms. The predicted octanol–water partition coefficient (Wildman–Crippen LogP) is 3.02. The Bertz CT molecular complexity index is 641. The Kier molecular flexibility index (Phi) is 2.75. The maximum absolute atomic E-state index is 11.2. The highest BCUT2D eigenvalue weighted by atomic mass is 16.5.